The summed E-state index contributed by atoms with van der Waals surface area (Å²) in [6, 6.07) is 7.00. The minimum atomic E-state index is -3.32. The van der Waals surface area contributed by atoms with Crippen molar-refractivity contribution in [1.82, 2.24) is 4.72 Å². The van der Waals surface area contributed by atoms with Crippen molar-refractivity contribution in [1.29, 1.82) is 0 Å². The Morgan fingerprint density at radius 3 is 2.65 bits per heavy atom. The molecule has 3 N–H and O–H groups in total. The maximum Gasteiger partial charge on any atom is 0.215 e. The lowest BCUT2D eigenvalue weighted by molar-refractivity contribution is 0.580. The number of nitrogens with one attached hydrogen (secondary N) is 1. The molecule has 0 saturated carbocycles. The van der Waals surface area contributed by atoms with E-state index in [-0.39, 0.29) is 10.7 Å². The number of hydrogen-bond donors (Lipinski definition) is 2. The summed E-state index contributed by atoms with van der Waals surface area (Å²) in [7, 11) is -3.32. The Kier molecular flexibility index (Phi) is 5.04. The molecule has 1 rings (SSSR count). The summed E-state index contributed by atoms with van der Waals surface area (Å²) in [5.41, 5.74) is 6.79. The van der Waals surface area contributed by atoms with E-state index in [4.69, 9.17) is 18.0 Å². The van der Waals surface area contributed by atoms with Crippen molar-refractivity contribution < 1.29 is 8.42 Å². The van der Waals surface area contributed by atoms with Crippen molar-refractivity contribution >= 4 is 27.2 Å². The molecule has 0 radical (unpaired) electrons. The summed E-state index contributed by atoms with van der Waals surface area (Å²) in [5, 5.41) is 0. The van der Waals surface area contributed by atoms with Crippen LogP contribution in [-0.4, -0.2) is 20.0 Å². The molecule has 0 amide bonds. The highest BCUT2D eigenvalue weighted by Crippen LogP contribution is 2.11. The Morgan fingerprint density at radius 2 is 2.06 bits per heavy atom. The van der Waals surface area contributed by atoms with Gasteiger partial charge in [-0.3, -0.25) is 0 Å². The van der Waals surface area contributed by atoms with Crippen LogP contribution >= 0.6 is 12.2 Å². The van der Waals surface area contributed by atoms with Crippen LogP contribution < -0.4 is 10.5 Å². The summed E-state index contributed by atoms with van der Waals surface area (Å²) in [4.78, 5) is 0.214. The van der Waals surface area contributed by atoms with E-state index in [9.17, 15) is 8.42 Å². The largest absolute Gasteiger partial charge is 0.389 e. The Morgan fingerprint density at radius 1 is 1.41 bits per heavy atom. The number of nitrogens with two attached hydrogens (primary N) is 1. The summed E-state index contributed by atoms with van der Waals surface area (Å²) in [6.45, 7) is 2.35. The third-order valence-electron chi connectivity index (χ3n) is 2.20. The van der Waals surface area contributed by atoms with Crippen LogP contribution in [0.15, 0.2) is 24.3 Å². The highest BCUT2D eigenvalue weighted by Gasteiger charge is 2.14. The van der Waals surface area contributed by atoms with E-state index in [1.165, 1.54) is 0 Å². The second kappa shape index (κ2) is 6.09. The smallest absolute Gasteiger partial charge is 0.215 e. The molecule has 0 spiro atoms. The second-order valence-corrected chi connectivity index (χ2v) is 5.92. The quantitative estimate of drug-likeness (QED) is 0.762. The summed E-state index contributed by atoms with van der Waals surface area (Å²) in [5.74, 6) is -0.0967. The van der Waals surface area contributed by atoms with E-state index in [1.54, 1.807) is 24.3 Å². The molecule has 0 bridgehead atoms. The van der Waals surface area contributed by atoms with Crippen LogP contribution in [0.25, 0.3) is 0 Å². The Hall–Kier alpha value is -0.980. The van der Waals surface area contributed by atoms with Crippen LogP contribution in [0.2, 0.25) is 0 Å². The van der Waals surface area contributed by atoms with Gasteiger partial charge in [-0.2, -0.15) is 0 Å². The van der Waals surface area contributed by atoms with Gasteiger partial charge in [0.25, 0.3) is 0 Å². The van der Waals surface area contributed by atoms with E-state index in [0.29, 0.717) is 17.7 Å². The third kappa shape index (κ3) is 4.41. The van der Waals surface area contributed by atoms with E-state index in [1.807, 2.05) is 6.92 Å². The molecule has 0 saturated heterocycles. The molecule has 1 aromatic carbocycles. The van der Waals surface area contributed by atoms with Crippen LogP contribution in [0, 0.1) is 0 Å². The first kappa shape index (κ1) is 14.1. The minimum Gasteiger partial charge on any atom is -0.389 e. The molecule has 4 nitrogen and oxygen atoms in total. The standard InChI is InChI=1S/C11H16N2O2S2/c1-2-7-13-17(14,15)8-9-5-3-4-6-10(9)11(12)16/h3-6,13H,2,7-8H2,1H3,(H2,12,16). The maximum atomic E-state index is 11.7. The fourth-order valence-electron chi connectivity index (χ4n) is 1.40. The van der Waals surface area contributed by atoms with Gasteiger partial charge in [0.05, 0.1) is 5.75 Å². The van der Waals surface area contributed by atoms with Crippen molar-refractivity contribution in [3.05, 3.63) is 35.4 Å². The third-order valence-corrected chi connectivity index (χ3v) is 3.76. The predicted molar refractivity (Wildman–Crippen MR) is 73.2 cm³/mol. The summed E-state index contributed by atoms with van der Waals surface area (Å²) < 4.78 is 26.0. The average Bonchev–Trinajstić information content (AvgIpc) is 2.26. The van der Waals surface area contributed by atoms with Gasteiger partial charge in [-0.25, -0.2) is 13.1 Å². The SMILES string of the molecule is CCCNS(=O)(=O)Cc1ccccc1C(N)=S. The van der Waals surface area contributed by atoms with Crippen LogP contribution in [0.5, 0.6) is 0 Å². The molecule has 0 aliphatic carbocycles. The first-order chi connectivity index (χ1) is 7.96. The van der Waals surface area contributed by atoms with E-state index in [0.717, 1.165) is 6.42 Å². The van der Waals surface area contributed by atoms with Crippen molar-refractivity contribution in [3.8, 4) is 0 Å². The van der Waals surface area contributed by atoms with Crippen LogP contribution in [0.1, 0.15) is 24.5 Å². The molecule has 94 valence electrons. The Labute approximate surface area is 107 Å². The number of rotatable bonds is 6. The zero-order chi connectivity index (χ0) is 12.9. The van der Waals surface area contributed by atoms with Gasteiger partial charge in [0.1, 0.15) is 4.99 Å². The van der Waals surface area contributed by atoms with Crippen LogP contribution in [-0.2, 0) is 15.8 Å². The maximum absolute atomic E-state index is 11.7. The van der Waals surface area contributed by atoms with Gasteiger partial charge in [-0.1, -0.05) is 43.4 Å². The van der Waals surface area contributed by atoms with Crippen LogP contribution in [0.4, 0.5) is 0 Å². The zero-order valence-corrected chi connectivity index (χ0v) is 11.3. The monoisotopic (exact) mass is 272 g/mol. The molecule has 0 aliphatic rings. The van der Waals surface area contributed by atoms with Crippen molar-refractivity contribution in [2.75, 3.05) is 6.54 Å². The van der Waals surface area contributed by atoms with Crippen LogP contribution in [0.3, 0.4) is 0 Å². The highest BCUT2D eigenvalue weighted by atomic mass is 32.2. The molecule has 1 aromatic rings. The molecule has 0 aliphatic heterocycles. The molecule has 6 heteroatoms. The number of thiocarbonyl (C=S) groups is 1. The van der Waals surface area contributed by atoms with Crippen molar-refractivity contribution in [2.45, 2.75) is 19.1 Å². The van der Waals surface area contributed by atoms with Gasteiger partial charge in [0.2, 0.25) is 10.0 Å². The van der Waals surface area contributed by atoms with E-state index >= 15 is 0 Å². The zero-order valence-electron chi connectivity index (χ0n) is 9.64. The lowest BCUT2D eigenvalue weighted by Gasteiger charge is -2.09. The number of sulfonamides is 1. The summed E-state index contributed by atoms with van der Waals surface area (Å²) in [6.07, 6.45) is 0.760. The highest BCUT2D eigenvalue weighted by molar-refractivity contribution is 7.88. The summed E-state index contributed by atoms with van der Waals surface area (Å²) >= 11 is 4.89. The fraction of sp³-hybridized carbons (Fsp3) is 0.364. The van der Waals surface area contributed by atoms with Gasteiger partial charge in [0.15, 0.2) is 0 Å². The molecular weight excluding hydrogens is 256 g/mol. The topological polar surface area (TPSA) is 72.2 Å². The van der Waals surface area contributed by atoms with E-state index < -0.39 is 10.0 Å². The lowest BCUT2D eigenvalue weighted by Crippen LogP contribution is -2.26. The normalized spacial score (nSPS) is 11.4. The van der Waals surface area contributed by atoms with Gasteiger partial charge in [-0.15, -0.1) is 0 Å². The van der Waals surface area contributed by atoms with Gasteiger partial charge in [0, 0.05) is 12.1 Å². The fourth-order valence-corrected chi connectivity index (χ4v) is 2.88. The molecule has 0 fully saturated rings. The Bertz CT molecular complexity index is 498. The minimum absolute atomic E-state index is 0.0967. The average molecular weight is 272 g/mol. The second-order valence-electron chi connectivity index (χ2n) is 3.67. The lowest BCUT2D eigenvalue weighted by atomic mass is 10.1. The first-order valence-corrected chi connectivity index (χ1v) is 7.37. The predicted octanol–water partition coefficient (Wildman–Crippen LogP) is 1.15. The van der Waals surface area contributed by atoms with Gasteiger partial charge < -0.3 is 5.73 Å². The molecule has 17 heavy (non-hydrogen) atoms. The number of benzene rings is 1. The van der Waals surface area contributed by atoms with E-state index in [2.05, 4.69) is 4.72 Å². The molecule has 0 heterocycles. The first-order valence-electron chi connectivity index (χ1n) is 5.31. The van der Waals surface area contributed by atoms with Crippen molar-refractivity contribution in [3.63, 3.8) is 0 Å². The van der Waals surface area contributed by atoms with Gasteiger partial charge in [-0.05, 0) is 12.0 Å². The van der Waals surface area contributed by atoms with Crippen molar-refractivity contribution in [2.24, 2.45) is 5.73 Å². The molecule has 0 atom stereocenters. The molecule has 0 aromatic heterocycles. The Balaban J connectivity index is 2.92. The van der Waals surface area contributed by atoms with Gasteiger partial charge >= 0.3 is 0 Å². The number of hydrogen-bond acceptors (Lipinski definition) is 3. The molecule has 0 unspecified atom stereocenters. The molecular formula is C11H16N2O2S2.